The standard InChI is InChI=1S/C22H23F3O2/c23-22(24,25)17-9-4-6-15(12-17)14-26-21-13-20(16-7-2-1-3-8-16)27-19-11-5-10-18(19)21/h1-4,6-9,12,18-21H,5,10-11,13-14H2/t18-,19-,20-,21-/m1/s1. The molecule has 1 heterocycles. The fraction of sp³-hybridized carbons (Fsp3) is 0.455. The van der Waals surface area contributed by atoms with E-state index in [2.05, 4.69) is 12.1 Å². The van der Waals surface area contributed by atoms with Crippen LogP contribution >= 0.6 is 0 Å². The number of hydrogen-bond acceptors (Lipinski definition) is 2. The van der Waals surface area contributed by atoms with Gasteiger partial charge in [-0.2, -0.15) is 13.2 Å². The summed E-state index contributed by atoms with van der Waals surface area (Å²) in [5.74, 6) is 0.329. The van der Waals surface area contributed by atoms with Crippen molar-refractivity contribution in [3.8, 4) is 0 Å². The van der Waals surface area contributed by atoms with Crippen LogP contribution in [0.25, 0.3) is 0 Å². The van der Waals surface area contributed by atoms with Crippen LogP contribution in [-0.4, -0.2) is 12.2 Å². The van der Waals surface area contributed by atoms with Crippen molar-refractivity contribution >= 4 is 0 Å². The van der Waals surface area contributed by atoms with Crippen LogP contribution in [0.4, 0.5) is 13.2 Å². The molecule has 1 aliphatic carbocycles. The molecule has 0 amide bonds. The lowest BCUT2D eigenvalue weighted by molar-refractivity contribution is -0.148. The van der Waals surface area contributed by atoms with E-state index in [1.165, 1.54) is 12.1 Å². The average Bonchev–Trinajstić information content (AvgIpc) is 3.15. The number of ether oxygens (including phenoxy) is 2. The Morgan fingerprint density at radius 2 is 1.81 bits per heavy atom. The van der Waals surface area contributed by atoms with E-state index < -0.39 is 11.7 Å². The van der Waals surface area contributed by atoms with E-state index in [1.54, 1.807) is 6.07 Å². The van der Waals surface area contributed by atoms with Gasteiger partial charge in [-0.3, -0.25) is 0 Å². The molecule has 1 aliphatic heterocycles. The van der Waals surface area contributed by atoms with Crippen LogP contribution < -0.4 is 0 Å². The molecule has 0 bridgehead atoms. The lowest BCUT2D eigenvalue weighted by Gasteiger charge is -2.39. The van der Waals surface area contributed by atoms with Crippen molar-refractivity contribution in [2.45, 2.75) is 56.8 Å². The van der Waals surface area contributed by atoms with Gasteiger partial charge in [0, 0.05) is 12.3 Å². The van der Waals surface area contributed by atoms with Gasteiger partial charge in [0.1, 0.15) is 0 Å². The smallest absolute Gasteiger partial charge is 0.373 e. The maximum absolute atomic E-state index is 12.9. The van der Waals surface area contributed by atoms with Gasteiger partial charge in [0.15, 0.2) is 0 Å². The number of hydrogen-bond donors (Lipinski definition) is 0. The molecule has 1 saturated heterocycles. The van der Waals surface area contributed by atoms with Crippen LogP contribution in [0, 0.1) is 5.92 Å². The number of benzene rings is 2. The van der Waals surface area contributed by atoms with Crippen LogP contribution in [0.5, 0.6) is 0 Å². The highest BCUT2D eigenvalue weighted by Gasteiger charge is 2.42. The van der Waals surface area contributed by atoms with E-state index in [4.69, 9.17) is 9.47 Å². The summed E-state index contributed by atoms with van der Waals surface area (Å²) in [6.45, 7) is 0.194. The Balaban J connectivity index is 1.47. The third kappa shape index (κ3) is 4.19. The largest absolute Gasteiger partial charge is 0.416 e. The van der Waals surface area contributed by atoms with Gasteiger partial charge in [-0.15, -0.1) is 0 Å². The SMILES string of the molecule is FC(F)(F)c1cccc(CO[C@@H]2C[C@H](c3ccccc3)O[C@@H]3CCC[C@@H]23)c1. The summed E-state index contributed by atoms with van der Waals surface area (Å²) < 4.78 is 51.2. The summed E-state index contributed by atoms with van der Waals surface area (Å²) >= 11 is 0. The van der Waals surface area contributed by atoms with Crippen molar-refractivity contribution in [2.75, 3.05) is 0 Å². The Hall–Kier alpha value is -1.85. The van der Waals surface area contributed by atoms with E-state index in [0.29, 0.717) is 11.5 Å². The molecule has 1 saturated carbocycles. The van der Waals surface area contributed by atoms with Crippen LogP contribution in [0.1, 0.15) is 48.5 Å². The zero-order valence-electron chi connectivity index (χ0n) is 15.0. The first kappa shape index (κ1) is 18.5. The molecule has 2 fully saturated rings. The van der Waals surface area contributed by atoms with Gasteiger partial charge in [-0.05, 0) is 36.1 Å². The van der Waals surface area contributed by atoms with Crippen molar-refractivity contribution in [3.63, 3.8) is 0 Å². The third-order valence-electron chi connectivity index (χ3n) is 5.66. The Bertz CT molecular complexity index is 760. The predicted molar refractivity (Wildman–Crippen MR) is 96.0 cm³/mol. The van der Waals surface area contributed by atoms with E-state index in [-0.39, 0.29) is 24.9 Å². The van der Waals surface area contributed by atoms with Gasteiger partial charge in [-0.1, -0.05) is 48.9 Å². The molecule has 4 rings (SSSR count). The molecule has 0 unspecified atom stereocenters. The highest BCUT2D eigenvalue weighted by atomic mass is 19.4. The summed E-state index contributed by atoms with van der Waals surface area (Å²) in [6, 6.07) is 15.5. The molecule has 27 heavy (non-hydrogen) atoms. The van der Waals surface area contributed by atoms with Gasteiger partial charge >= 0.3 is 6.18 Å². The van der Waals surface area contributed by atoms with E-state index in [1.807, 2.05) is 18.2 Å². The van der Waals surface area contributed by atoms with E-state index >= 15 is 0 Å². The van der Waals surface area contributed by atoms with Crippen molar-refractivity contribution in [1.29, 1.82) is 0 Å². The normalized spacial score (nSPS) is 28.1. The first-order valence-electron chi connectivity index (χ1n) is 9.49. The lowest BCUT2D eigenvalue weighted by atomic mass is 9.88. The van der Waals surface area contributed by atoms with Crippen LogP contribution in [0.2, 0.25) is 0 Å². The number of rotatable bonds is 4. The number of halogens is 3. The zero-order valence-corrected chi connectivity index (χ0v) is 15.0. The molecule has 0 N–H and O–H groups in total. The average molecular weight is 376 g/mol. The maximum Gasteiger partial charge on any atom is 0.416 e. The highest BCUT2D eigenvalue weighted by Crippen LogP contribution is 2.44. The van der Waals surface area contributed by atoms with Crippen molar-refractivity contribution in [3.05, 3.63) is 71.3 Å². The molecule has 2 aliphatic rings. The third-order valence-corrected chi connectivity index (χ3v) is 5.66. The fourth-order valence-electron chi connectivity index (χ4n) is 4.32. The minimum absolute atomic E-state index is 0.00555. The molecule has 2 aromatic carbocycles. The predicted octanol–water partition coefficient (Wildman–Crippen LogP) is 5.92. The molecule has 0 radical (unpaired) electrons. The Morgan fingerprint density at radius 1 is 1.00 bits per heavy atom. The topological polar surface area (TPSA) is 18.5 Å². The summed E-state index contributed by atoms with van der Waals surface area (Å²) in [6.07, 6.45) is -0.233. The minimum Gasteiger partial charge on any atom is -0.373 e. The minimum atomic E-state index is -4.33. The molecular weight excluding hydrogens is 353 g/mol. The highest BCUT2D eigenvalue weighted by molar-refractivity contribution is 5.25. The summed E-state index contributed by atoms with van der Waals surface area (Å²) in [4.78, 5) is 0. The van der Waals surface area contributed by atoms with Gasteiger partial charge in [0.05, 0.1) is 30.5 Å². The Labute approximate surface area is 157 Å². The summed E-state index contributed by atoms with van der Waals surface area (Å²) in [5, 5.41) is 0. The first-order valence-corrected chi connectivity index (χ1v) is 9.49. The van der Waals surface area contributed by atoms with E-state index in [0.717, 1.165) is 37.3 Å². The molecule has 2 nitrogen and oxygen atoms in total. The first-order chi connectivity index (χ1) is 13.0. The molecule has 4 atom stereocenters. The van der Waals surface area contributed by atoms with Gasteiger partial charge in [0.2, 0.25) is 0 Å². The number of fused-ring (bicyclic) bond motifs is 1. The molecule has 0 aromatic heterocycles. The van der Waals surface area contributed by atoms with Gasteiger partial charge in [0.25, 0.3) is 0 Å². The van der Waals surface area contributed by atoms with Crippen molar-refractivity contribution in [2.24, 2.45) is 5.92 Å². The fourth-order valence-corrected chi connectivity index (χ4v) is 4.32. The van der Waals surface area contributed by atoms with Crippen LogP contribution in [0.15, 0.2) is 54.6 Å². The Morgan fingerprint density at radius 3 is 2.59 bits per heavy atom. The monoisotopic (exact) mass is 376 g/mol. The van der Waals surface area contributed by atoms with Crippen LogP contribution in [0.3, 0.4) is 0 Å². The second-order valence-electron chi connectivity index (χ2n) is 7.45. The lowest BCUT2D eigenvalue weighted by Crippen LogP contribution is -2.39. The maximum atomic E-state index is 12.9. The molecule has 2 aromatic rings. The second kappa shape index (κ2) is 7.64. The quantitative estimate of drug-likeness (QED) is 0.659. The second-order valence-corrected chi connectivity index (χ2v) is 7.45. The summed E-state index contributed by atoms with van der Waals surface area (Å²) in [7, 11) is 0. The van der Waals surface area contributed by atoms with Crippen molar-refractivity contribution < 1.29 is 22.6 Å². The van der Waals surface area contributed by atoms with E-state index in [9.17, 15) is 13.2 Å². The van der Waals surface area contributed by atoms with Gasteiger partial charge < -0.3 is 9.47 Å². The number of alkyl halides is 3. The summed E-state index contributed by atoms with van der Waals surface area (Å²) in [5.41, 5.74) is 1.06. The molecular formula is C22H23F3O2. The van der Waals surface area contributed by atoms with Gasteiger partial charge in [-0.25, -0.2) is 0 Å². The zero-order chi connectivity index (χ0) is 18.9. The van der Waals surface area contributed by atoms with Crippen LogP contribution in [-0.2, 0) is 22.3 Å². The Kier molecular flexibility index (Phi) is 5.24. The molecule has 0 spiro atoms. The van der Waals surface area contributed by atoms with Crippen molar-refractivity contribution in [1.82, 2.24) is 0 Å². The molecule has 144 valence electrons. The molecule has 5 heteroatoms.